The van der Waals surface area contributed by atoms with Crippen molar-refractivity contribution >= 4 is 46.6 Å². The van der Waals surface area contributed by atoms with E-state index in [2.05, 4.69) is 45.1 Å². The number of rotatable bonds is 6. The van der Waals surface area contributed by atoms with Gasteiger partial charge in [-0.3, -0.25) is 0 Å². The Bertz CT molecular complexity index is 1540. The molecule has 3 N–H and O–H groups in total. The normalized spacial score (nSPS) is 15.4. The number of hydrogen-bond donors (Lipinski definition) is 2. The second-order valence-corrected chi connectivity index (χ2v) is 11.0. The van der Waals surface area contributed by atoms with Gasteiger partial charge < -0.3 is 20.9 Å². The number of nitrogens with one attached hydrogen (secondary N) is 1. The molecule has 0 saturated carbocycles. The average Bonchev–Trinajstić information content (AvgIpc) is 3.24. The highest BCUT2D eigenvalue weighted by Gasteiger charge is 2.25. The van der Waals surface area contributed by atoms with Crippen LogP contribution in [0.15, 0.2) is 81.5 Å². The number of nitrogens with two attached hydrogens (primary N) is 1. The van der Waals surface area contributed by atoms with Gasteiger partial charge in [0.1, 0.15) is 5.82 Å². The zero-order valence-corrected chi connectivity index (χ0v) is 23.5. The fourth-order valence-corrected chi connectivity index (χ4v) is 6.56. The first kappa shape index (κ1) is 26.3. The van der Waals surface area contributed by atoms with Crippen molar-refractivity contribution in [3.63, 3.8) is 0 Å². The van der Waals surface area contributed by atoms with Crippen LogP contribution in [-0.2, 0) is 0 Å². The predicted octanol–water partition coefficient (Wildman–Crippen LogP) is 6.14. The van der Waals surface area contributed by atoms with E-state index in [4.69, 9.17) is 10.7 Å². The number of nitrogen functional groups attached to an aromatic ring is 1. The Kier molecular flexibility index (Phi) is 7.44. The average molecular weight is 557 g/mol. The van der Waals surface area contributed by atoms with Crippen molar-refractivity contribution in [1.29, 1.82) is 0 Å². The summed E-state index contributed by atoms with van der Waals surface area (Å²) in [6.07, 6.45) is 2.08. The van der Waals surface area contributed by atoms with Gasteiger partial charge in [0.25, 0.3) is 0 Å². The molecule has 1 aromatic heterocycles. The molecule has 0 amide bonds. The fraction of sp³-hybridized carbons (Fsp3) is 0.300. The van der Waals surface area contributed by atoms with Crippen LogP contribution in [0.25, 0.3) is 0 Å². The van der Waals surface area contributed by atoms with Crippen molar-refractivity contribution in [3.8, 4) is 0 Å². The van der Waals surface area contributed by atoms with Gasteiger partial charge in [-0.15, -0.1) is 5.10 Å². The van der Waals surface area contributed by atoms with Gasteiger partial charge in [-0.2, -0.15) is 9.67 Å². The standard InChI is InChI=1S/C30H33FN8S/c1-3-37(4-2)21-15-17-38(18-16-21)25-14-13-20(19-23(25)31)33-30-35-29(32)39(36-30)28-22-9-5-7-11-26(22)40-27-12-8-6-10-24(27)34-28/h5-14,19,21H,3-4,15-18H2,1-2H3,(H3,32,33,35,36). The first-order valence-corrected chi connectivity index (χ1v) is 14.6. The number of anilines is 4. The summed E-state index contributed by atoms with van der Waals surface area (Å²) in [5, 5.41) is 7.74. The third kappa shape index (κ3) is 5.16. The van der Waals surface area contributed by atoms with Gasteiger partial charge in [-0.05, 0) is 62.3 Å². The molecule has 2 aliphatic heterocycles. The Labute approximate surface area is 238 Å². The molecule has 6 rings (SSSR count). The van der Waals surface area contributed by atoms with Crippen LogP contribution < -0.4 is 16.0 Å². The van der Waals surface area contributed by atoms with E-state index in [-0.39, 0.29) is 17.7 Å². The molecule has 40 heavy (non-hydrogen) atoms. The third-order valence-corrected chi connectivity index (χ3v) is 8.75. The summed E-state index contributed by atoms with van der Waals surface area (Å²) in [5.41, 5.74) is 9.26. The van der Waals surface area contributed by atoms with E-state index < -0.39 is 0 Å². The Morgan fingerprint density at radius 1 is 1.00 bits per heavy atom. The van der Waals surface area contributed by atoms with Gasteiger partial charge in [0, 0.05) is 40.2 Å². The van der Waals surface area contributed by atoms with Crippen LogP contribution in [0, 0.1) is 5.82 Å². The highest BCUT2D eigenvalue weighted by Crippen LogP contribution is 2.40. The lowest BCUT2D eigenvalue weighted by atomic mass is 10.0. The molecular weight excluding hydrogens is 523 g/mol. The predicted molar refractivity (Wildman–Crippen MR) is 161 cm³/mol. The number of para-hydroxylation sites is 1. The summed E-state index contributed by atoms with van der Waals surface area (Å²) in [6, 6.07) is 21.7. The molecule has 0 aliphatic carbocycles. The van der Waals surface area contributed by atoms with Crippen molar-refractivity contribution in [2.75, 3.05) is 42.1 Å². The van der Waals surface area contributed by atoms with Crippen LogP contribution in [0.5, 0.6) is 0 Å². The zero-order valence-electron chi connectivity index (χ0n) is 22.7. The topological polar surface area (TPSA) is 87.6 Å². The molecule has 0 spiro atoms. The Morgan fingerprint density at radius 3 is 2.48 bits per heavy atom. The maximum Gasteiger partial charge on any atom is 0.248 e. The first-order valence-electron chi connectivity index (χ1n) is 13.8. The summed E-state index contributed by atoms with van der Waals surface area (Å²) >= 11 is 1.65. The van der Waals surface area contributed by atoms with Gasteiger partial charge in [-0.25, -0.2) is 9.38 Å². The molecule has 1 fully saturated rings. The maximum atomic E-state index is 15.3. The molecular formula is C30H33FN8S. The van der Waals surface area contributed by atoms with Crippen LogP contribution in [-0.4, -0.2) is 57.7 Å². The minimum absolute atomic E-state index is 0.189. The van der Waals surface area contributed by atoms with E-state index in [0.717, 1.165) is 60.1 Å². The number of fused-ring (bicyclic) bond motifs is 2. The fourth-order valence-electron chi connectivity index (χ4n) is 5.55. The van der Waals surface area contributed by atoms with Crippen LogP contribution in [0.3, 0.4) is 0 Å². The largest absolute Gasteiger partial charge is 0.369 e. The molecule has 4 aromatic rings. The van der Waals surface area contributed by atoms with Crippen LogP contribution in [0.1, 0.15) is 32.3 Å². The number of nitrogens with zero attached hydrogens (tertiary/aromatic N) is 6. The minimum atomic E-state index is -0.269. The van der Waals surface area contributed by atoms with Gasteiger partial charge in [0.05, 0.1) is 11.4 Å². The summed E-state index contributed by atoms with van der Waals surface area (Å²) in [6.45, 7) is 8.20. The minimum Gasteiger partial charge on any atom is -0.369 e. The number of piperidine rings is 1. The number of aromatic nitrogens is 3. The van der Waals surface area contributed by atoms with E-state index in [1.165, 1.54) is 10.7 Å². The Balaban J connectivity index is 1.22. The van der Waals surface area contributed by atoms with Gasteiger partial charge in [0.15, 0.2) is 5.84 Å². The third-order valence-electron chi connectivity index (χ3n) is 7.61. The molecule has 0 bridgehead atoms. The summed E-state index contributed by atoms with van der Waals surface area (Å²) in [5.74, 6) is 0.777. The molecule has 3 aromatic carbocycles. The second kappa shape index (κ2) is 11.3. The smallest absolute Gasteiger partial charge is 0.248 e. The highest BCUT2D eigenvalue weighted by molar-refractivity contribution is 7.99. The van der Waals surface area contributed by atoms with Crippen molar-refractivity contribution in [2.24, 2.45) is 4.99 Å². The molecule has 206 valence electrons. The van der Waals surface area contributed by atoms with E-state index in [1.807, 2.05) is 54.6 Å². The van der Waals surface area contributed by atoms with Crippen molar-refractivity contribution in [3.05, 3.63) is 78.1 Å². The maximum absolute atomic E-state index is 15.3. The molecule has 2 aliphatic rings. The van der Waals surface area contributed by atoms with Gasteiger partial charge in [-0.1, -0.05) is 55.9 Å². The lowest BCUT2D eigenvalue weighted by molar-refractivity contribution is 0.186. The lowest BCUT2D eigenvalue weighted by Crippen LogP contribution is -2.45. The van der Waals surface area contributed by atoms with Crippen LogP contribution in [0.4, 0.5) is 33.3 Å². The number of benzene rings is 3. The Morgan fingerprint density at radius 2 is 1.73 bits per heavy atom. The lowest BCUT2D eigenvalue weighted by Gasteiger charge is -2.38. The van der Waals surface area contributed by atoms with Gasteiger partial charge >= 0.3 is 0 Å². The molecule has 0 radical (unpaired) electrons. The molecule has 0 unspecified atom stereocenters. The van der Waals surface area contributed by atoms with Gasteiger partial charge in [0.2, 0.25) is 11.9 Å². The van der Waals surface area contributed by atoms with Crippen molar-refractivity contribution in [1.82, 2.24) is 19.7 Å². The number of hydrogen-bond acceptors (Lipinski definition) is 8. The van der Waals surface area contributed by atoms with E-state index >= 15 is 4.39 Å². The van der Waals surface area contributed by atoms with E-state index in [0.29, 0.717) is 23.3 Å². The highest BCUT2D eigenvalue weighted by atomic mass is 32.2. The van der Waals surface area contributed by atoms with Crippen LogP contribution in [0.2, 0.25) is 0 Å². The summed E-state index contributed by atoms with van der Waals surface area (Å²) < 4.78 is 16.8. The van der Waals surface area contributed by atoms with Crippen molar-refractivity contribution < 1.29 is 4.39 Å². The van der Waals surface area contributed by atoms with Crippen molar-refractivity contribution in [2.45, 2.75) is 42.5 Å². The van der Waals surface area contributed by atoms with E-state index in [1.54, 1.807) is 11.8 Å². The number of halogens is 1. The Hall–Kier alpha value is -3.89. The zero-order chi connectivity index (χ0) is 27.6. The molecule has 8 nitrogen and oxygen atoms in total. The summed E-state index contributed by atoms with van der Waals surface area (Å²) in [7, 11) is 0. The van der Waals surface area contributed by atoms with Crippen LogP contribution >= 0.6 is 11.8 Å². The van der Waals surface area contributed by atoms with E-state index in [9.17, 15) is 0 Å². The number of aliphatic imine (C=N–C) groups is 1. The summed E-state index contributed by atoms with van der Waals surface area (Å²) in [4.78, 5) is 16.1. The monoisotopic (exact) mass is 556 g/mol. The quantitative estimate of drug-likeness (QED) is 0.260. The molecule has 10 heteroatoms. The first-order chi connectivity index (χ1) is 19.5. The molecule has 1 saturated heterocycles. The SMILES string of the molecule is CCN(CC)C1CCN(c2ccc(Nc3nc(N)n(C4=Nc5ccccc5Sc5ccccc54)n3)cc2F)CC1. The molecule has 0 atom stereocenters. The second-order valence-electron chi connectivity index (χ2n) is 9.94. The molecule has 3 heterocycles.